The van der Waals surface area contributed by atoms with Gasteiger partial charge in [-0.2, -0.15) is 0 Å². The van der Waals surface area contributed by atoms with Crippen molar-refractivity contribution in [2.24, 2.45) is 5.41 Å². The summed E-state index contributed by atoms with van der Waals surface area (Å²) >= 11 is 0. The van der Waals surface area contributed by atoms with Crippen molar-refractivity contribution in [2.75, 3.05) is 14.2 Å². The second-order valence-electron chi connectivity index (χ2n) is 6.42. The van der Waals surface area contributed by atoms with Crippen LogP contribution < -0.4 is 10.2 Å². The van der Waals surface area contributed by atoms with Gasteiger partial charge in [-0.3, -0.25) is 10.2 Å². The zero-order valence-electron chi connectivity index (χ0n) is 14.1. The van der Waals surface area contributed by atoms with Crippen LogP contribution in [0.5, 0.6) is 5.75 Å². The molecule has 0 aromatic heterocycles. The molecular weight excluding hydrogens is 264 g/mol. The fourth-order valence-corrected chi connectivity index (χ4v) is 2.61. The maximum atomic E-state index is 12.4. The maximum absolute atomic E-state index is 12.4. The van der Waals surface area contributed by atoms with E-state index in [0.29, 0.717) is 11.3 Å². The molecule has 0 spiro atoms. The van der Waals surface area contributed by atoms with Crippen LogP contribution in [0.1, 0.15) is 50.9 Å². The second kappa shape index (κ2) is 7.46. The SMILES string of the molecule is CCC[C@@H](N(C)NC(=O)c1ccccc1OC)C(C)(C)C. The average Bonchev–Trinajstić information content (AvgIpc) is 2.43. The molecule has 4 nitrogen and oxygen atoms in total. The van der Waals surface area contributed by atoms with Crippen molar-refractivity contribution in [2.45, 2.75) is 46.6 Å². The molecule has 0 aliphatic rings. The number of hydrazine groups is 1. The van der Waals surface area contributed by atoms with Crippen molar-refractivity contribution >= 4 is 5.91 Å². The lowest BCUT2D eigenvalue weighted by atomic mass is 9.84. The zero-order chi connectivity index (χ0) is 16.0. The first-order chi connectivity index (χ1) is 9.81. The lowest BCUT2D eigenvalue weighted by molar-refractivity contribution is 0.0519. The van der Waals surface area contributed by atoms with Gasteiger partial charge < -0.3 is 4.74 Å². The Morgan fingerprint density at radius 3 is 2.48 bits per heavy atom. The fraction of sp³-hybridized carbons (Fsp3) is 0.588. The molecule has 0 aliphatic carbocycles. The minimum atomic E-state index is -0.139. The number of ether oxygens (including phenoxy) is 1. The van der Waals surface area contributed by atoms with E-state index >= 15 is 0 Å². The number of carbonyl (C=O) groups is 1. The summed E-state index contributed by atoms with van der Waals surface area (Å²) < 4.78 is 5.24. The summed E-state index contributed by atoms with van der Waals surface area (Å²) in [7, 11) is 3.50. The third kappa shape index (κ3) is 4.74. The second-order valence-corrected chi connectivity index (χ2v) is 6.42. The van der Waals surface area contributed by atoms with Crippen LogP contribution in [0.15, 0.2) is 24.3 Å². The van der Waals surface area contributed by atoms with Gasteiger partial charge in [0.15, 0.2) is 0 Å². The first kappa shape index (κ1) is 17.5. The molecule has 1 amide bonds. The van der Waals surface area contributed by atoms with E-state index in [0.717, 1.165) is 12.8 Å². The van der Waals surface area contributed by atoms with Gasteiger partial charge in [0.2, 0.25) is 0 Å². The van der Waals surface area contributed by atoms with Gasteiger partial charge in [0, 0.05) is 13.1 Å². The van der Waals surface area contributed by atoms with Crippen LogP contribution in [-0.4, -0.2) is 31.1 Å². The van der Waals surface area contributed by atoms with E-state index in [1.165, 1.54) is 0 Å². The average molecular weight is 292 g/mol. The normalized spacial score (nSPS) is 13.1. The summed E-state index contributed by atoms with van der Waals surface area (Å²) in [5, 5.41) is 1.93. The quantitative estimate of drug-likeness (QED) is 0.816. The van der Waals surface area contributed by atoms with Gasteiger partial charge in [0.1, 0.15) is 5.75 Å². The van der Waals surface area contributed by atoms with Crippen molar-refractivity contribution < 1.29 is 9.53 Å². The lowest BCUT2D eigenvalue weighted by Crippen LogP contribution is -2.51. The highest BCUT2D eigenvalue weighted by molar-refractivity contribution is 5.96. The molecule has 0 unspecified atom stereocenters. The van der Waals surface area contributed by atoms with Gasteiger partial charge in [-0.05, 0) is 24.0 Å². The Bertz CT molecular complexity index is 466. The number of nitrogens with one attached hydrogen (secondary N) is 1. The van der Waals surface area contributed by atoms with Crippen LogP contribution in [0, 0.1) is 5.41 Å². The Balaban J connectivity index is 2.85. The molecule has 0 saturated heterocycles. The topological polar surface area (TPSA) is 41.6 Å². The number of rotatable bonds is 6. The van der Waals surface area contributed by atoms with Gasteiger partial charge in [-0.25, -0.2) is 5.01 Å². The summed E-state index contributed by atoms with van der Waals surface area (Å²) in [6, 6.07) is 7.54. The molecule has 21 heavy (non-hydrogen) atoms. The summed E-state index contributed by atoms with van der Waals surface area (Å²) in [5.74, 6) is 0.450. The van der Waals surface area contributed by atoms with Gasteiger partial charge >= 0.3 is 0 Å². The number of nitrogens with zero attached hydrogens (tertiary/aromatic N) is 1. The van der Waals surface area contributed by atoms with E-state index < -0.39 is 0 Å². The van der Waals surface area contributed by atoms with Gasteiger partial charge in [-0.15, -0.1) is 0 Å². The molecule has 0 bridgehead atoms. The van der Waals surface area contributed by atoms with Crippen LogP contribution in [0.2, 0.25) is 0 Å². The van der Waals surface area contributed by atoms with Gasteiger partial charge in [0.25, 0.3) is 5.91 Å². The standard InChI is InChI=1S/C17H28N2O2/c1-7-10-15(17(2,3)4)19(5)18-16(20)13-11-8-9-12-14(13)21-6/h8-9,11-12,15H,7,10H2,1-6H3,(H,18,20)/t15-/m1/s1. The Morgan fingerprint density at radius 1 is 1.33 bits per heavy atom. The number of methoxy groups -OCH3 is 1. The van der Waals surface area contributed by atoms with E-state index in [-0.39, 0.29) is 17.4 Å². The Morgan fingerprint density at radius 2 is 1.95 bits per heavy atom. The van der Waals surface area contributed by atoms with E-state index in [1.54, 1.807) is 19.2 Å². The molecule has 1 aromatic rings. The number of para-hydroxylation sites is 1. The molecule has 1 atom stereocenters. The van der Waals surface area contributed by atoms with Crippen molar-refractivity contribution in [3.8, 4) is 5.75 Å². The third-order valence-electron chi connectivity index (χ3n) is 3.66. The fourth-order valence-electron chi connectivity index (χ4n) is 2.61. The first-order valence-corrected chi connectivity index (χ1v) is 7.48. The van der Waals surface area contributed by atoms with Crippen LogP contribution in [0.4, 0.5) is 0 Å². The van der Waals surface area contributed by atoms with Gasteiger partial charge in [-0.1, -0.05) is 46.2 Å². The van der Waals surface area contributed by atoms with Crippen molar-refractivity contribution in [1.82, 2.24) is 10.4 Å². The smallest absolute Gasteiger partial charge is 0.269 e. The number of hydrogen-bond donors (Lipinski definition) is 1. The van der Waals surface area contributed by atoms with E-state index in [9.17, 15) is 4.79 Å². The number of benzene rings is 1. The Kier molecular flexibility index (Phi) is 6.21. The van der Waals surface area contributed by atoms with E-state index in [4.69, 9.17) is 4.74 Å². The number of hydrogen-bond acceptors (Lipinski definition) is 3. The maximum Gasteiger partial charge on any atom is 0.269 e. The molecular formula is C17H28N2O2. The third-order valence-corrected chi connectivity index (χ3v) is 3.66. The zero-order valence-corrected chi connectivity index (χ0v) is 14.1. The Labute approximate surface area is 128 Å². The minimum absolute atomic E-state index is 0.0960. The largest absolute Gasteiger partial charge is 0.496 e. The number of amides is 1. The summed E-state index contributed by atoms with van der Waals surface area (Å²) in [4.78, 5) is 12.4. The van der Waals surface area contributed by atoms with Crippen LogP contribution >= 0.6 is 0 Å². The summed E-state index contributed by atoms with van der Waals surface area (Å²) in [6.45, 7) is 8.74. The van der Waals surface area contributed by atoms with E-state index in [2.05, 4.69) is 33.1 Å². The summed E-state index contributed by atoms with van der Waals surface area (Å²) in [6.07, 6.45) is 2.11. The lowest BCUT2D eigenvalue weighted by Gasteiger charge is -2.38. The van der Waals surface area contributed by atoms with Crippen LogP contribution in [-0.2, 0) is 0 Å². The molecule has 4 heteroatoms. The molecule has 0 aliphatic heterocycles. The highest BCUT2D eigenvalue weighted by Gasteiger charge is 2.29. The van der Waals surface area contributed by atoms with Crippen molar-refractivity contribution in [3.63, 3.8) is 0 Å². The van der Waals surface area contributed by atoms with Crippen LogP contribution in [0.25, 0.3) is 0 Å². The molecule has 1 aromatic carbocycles. The molecule has 0 radical (unpaired) electrons. The molecule has 118 valence electrons. The minimum Gasteiger partial charge on any atom is -0.496 e. The highest BCUT2D eigenvalue weighted by atomic mass is 16.5. The monoisotopic (exact) mass is 292 g/mol. The predicted molar refractivity (Wildman–Crippen MR) is 86.4 cm³/mol. The molecule has 0 saturated carbocycles. The van der Waals surface area contributed by atoms with Crippen LogP contribution in [0.3, 0.4) is 0 Å². The van der Waals surface area contributed by atoms with Crippen molar-refractivity contribution in [3.05, 3.63) is 29.8 Å². The molecule has 0 heterocycles. The van der Waals surface area contributed by atoms with E-state index in [1.807, 2.05) is 24.2 Å². The highest BCUT2D eigenvalue weighted by Crippen LogP contribution is 2.26. The first-order valence-electron chi connectivity index (χ1n) is 7.48. The van der Waals surface area contributed by atoms with Gasteiger partial charge in [0.05, 0.1) is 12.7 Å². The molecule has 1 N–H and O–H groups in total. The number of carbonyl (C=O) groups excluding carboxylic acids is 1. The molecule has 0 fully saturated rings. The predicted octanol–water partition coefficient (Wildman–Crippen LogP) is 3.49. The van der Waals surface area contributed by atoms with Crippen molar-refractivity contribution in [1.29, 1.82) is 0 Å². The Hall–Kier alpha value is -1.55. The summed E-state index contributed by atoms with van der Waals surface area (Å²) in [5.41, 5.74) is 3.62. The molecule has 1 rings (SSSR count).